The van der Waals surface area contributed by atoms with Crippen LogP contribution in [0.5, 0.6) is 0 Å². The van der Waals surface area contributed by atoms with Crippen molar-refractivity contribution in [1.29, 1.82) is 0 Å². The van der Waals surface area contributed by atoms with E-state index in [0.717, 1.165) is 30.6 Å². The summed E-state index contributed by atoms with van der Waals surface area (Å²) in [7, 11) is -3.50. The lowest BCUT2D eigenvalue weighted by Gasteiger charge is -2.40. The van der Waals surface area contributed by atoms with Crippen molar-refractivity contribution < 1.29 is 13.2 Å². The van der Waals surface area contributed by atoms with Crippen LogP contribution in [0.15, 0.2) is 23.5 Å². The number of nitrogens with two attached hydrogens (primary N) is 1. The van der Waals surface area contributed by atoms with E-state index in [1.54, 1.807) is 6.92 Å². The molecule has 2 aromatic heterocycles. The third-order valence-corrected chi connectivity index (χ3v) is 9.90. The predicted octanol–water partition coefficient (Wildman–Crippen LogP) is 4.31. The number of amides is 1. The molecule has 2 aliphatic rings. The molecule has 0 unspecified atom stereocenters. The molecule has 4 rings (SSSR count). The van der Waals surface area contributed by atoms with E-state index in [4.69, 9.17) is 17.3 Å². The van der Waals surface area contributed by atoms with E-state index < -0.39 is 20.6 Å². The number of carbonyl (C=O) groups is 1. The Labute approximate surface area is 197 Å². The minimum atomic E-state index is -3.50. The van der Waals surface area contributed by atoms with Crippen LogP contribution in [0.3, 0.4) is 0 Å². The van der Waals surface area contributed by atoms with Crippen LogP contribution in [-0.2, 0) is 9.84 Å². The minimum absolute atomic E-state index is 0.152. The molecule has 0 radical (unpaired) electrons. The maximum atomic E-state index is 13.2. The lowest BCUT2D eigenvalue weighted by atomic mass is 9.87. The smallest absolute Gasteiger partial charge is 0.265 e. The normalized spacial score (nSPS) is 21.2. The summed E-state index contributed by atoms with van der Waals surface area (Å²) in [6, 6.07) is 0.819. The third-order valence-electron chi connectivity index (χ3n) is 5.67. The Morgan fingerprint density at radius 3 is 2.44 bits per heavy atom. The number of sulfone groups is 1. The highest BCUT2D eigenvalue weighted by Gasteiger charge is 2.51. The number of amidine groups is 1. The Morgan fingerprint density at radius 2 is 1.84 bits per heavy atom. The van der Waals surface area contributed by atoms with E-state index in [0.29, 0.717) is 39.1 Å². The highest BCUT2D eigenvalue weighted by Crippen LogP contribution is 2.44. The Morgan fingerprint density at radius 1 is 1.22 bits per heavy atom. The molecule has 3 heterocycles. The molecule has 1 saturated carbocycles. The van der Waals surface area contributed by atoms with E-state index in [1.165, 1.54) is 18.5 Å². The van der Waals surface area contributed by atoms with Gasteiger partial charge in [0.1, 0.15) is 22.4 Å². The lowest BCUT2D eigenvalue weighted by Crippen LogP contribution is -2.55. The van der Waals surface area contributed by atoms with Gasteiger partial charge < -0.3 is 11.1 Å². The number of nitrogens with one attached hydrogen (secondary N) is 1. The number of anilines is 1. The summed E-state index contributed by atoms with van der Waals surface area (Å²) in [4.78, 5) is 26.1. The predicted molar refractivity (Wildman–Crippen MR) is 129 cm³/mol. The summed E-state index contributed by atoms with van der Waals surface area (Å²) in [5.74, 6) is 0.241. The van der Waals surface area contributed by atoms with Crippen LogP contribution < -0.4 is 11.1 Å². The Balaban J connectivity index is 0.00000141. The zero-order valence-electron chi connectivity index (χ0n) is 18.4. The van der Waals surface area contributed by atoms with Gasteiger partial charge in [-0.2, -0.15) is 0 Å². The van der Waals surface area contributed by atoms with E-state index in [2.05, 4.69) is 20.3 Å². The number of nitrogens with zero attached hydrogens (tertiary/aromatic N) is 3. The summed E-state index contributed by atoms with van der Waals surface area (Å²) < 4.78 is 25.3. The zero-order chi connectivity index (χ0) is 23.5. The average Bonchev–Trinajstić information content (AvgIpc) is 3.17. The van der Waals surface area contributed by atoms with Crippen LogP contribution in [0.1, 0.15) is 72.4 Å². The molecule has 11 heteroatoms. The molecular formula is C21H28ClN5O3S2. The summed E-state index contributed by atoms with van der Waals surface area (Å²) >= 11 is 7.49. The second-order valence-electron chi connectivity index (χ2n) is 7.66. The molecule has 1 amide bonds. The average molecular weight is 498 g/mol. The number of hydrogen-bond acceptors (Lipinski definition) is 8. The van der Waals surface area contributed by atoms with Gasteiger partial charge in [-0.1, -0.05) is 44.7 Å². The van der Waals surface area contributed by atoms with Gasteiger partial charge in [0, 0.05) is 4.88 Å². The van der Waals surface area contributed by atoms with Gasteiger partial charge in [0.05, 0.1) is 33.7 Å². The van der Waals surface area contributed by atoms with Gasteiger partial charge in [0.15, 0.2) is 9.84 Å². The first-order chi connectivity index (χ1) is 15.2. The van der Waals surface area contributed by atoms with Gasteiger partial charge in [-0.25, -0.2) is 18.4 Å². The lowest BCUT2D eigenvalue weighted by molar-refractivity contribution is 0.103. The standard InChI is InChI=1S/C19H22ClN5O3S2.C2H6/c1-11-22-8-12(9-23-11)24-17(26)15-7-13(20)16(29-15)14-10-30(27,28)19(18(21)25-14)5-3-2-4-6-19;1-2/h7-9,14H,2-6,10H2,1H3,(H2,21,25)(H,24,26);1-2H3/t14-;/m0./s1. The summed E-state index contributed by atoms with van der Waals surface area (Å²) in [5, 5.41) is 3.02. The van der Waals surface area contributed by atoms with Crippen LogP contribution in [-0.4, -0.2) is 40.6 Å². The molecular weight excluding hydrogens is 470 g/mol. The van der Waals surface area contributed by atoms with Crippen molar-refractivity contribution in [3.63, 3.8) is 0 Å². The SMILES string of the molecule is CC.Cc1ncc(NC(=O)c2cc(Cl)c([C@@H]3CS(=O)(=O)C4(CCCCC4)C(N)=N3)s2)cn1. The molecule has 1 fully saturated rings. The molecule has 1 atom stereocenters. The number of thiophene rings is 1. The molecule has 1 spiro atoms. The maximum Gasteiger partial charge on any atom is 0.265 e. The van der Waals surface area contributed by atoms with Crippen LogP contribution in [0.4, 0.5) is 5.69 Å². The van der Waals surface area contributed by atoms with Crippen LogP contribution in [0.25, 0.3) is 0 Å². The fourth-order valence-corrected chi connectivity index (χ4v) is 7.81. The molecule has 1 aliphatic heterocycles. The minimum Gasteiger partial charge on any atom is -0.386 e. The third kappa shape index (κ3) is 4.67. The fourth-order valence-electron chi connectivity index (χ4n) is 4.05. The van der Waals surface area contributed by atoms with Crippen molar-refractivity contribution in [3.8, 4) is 0 Å². The van der Waals surface area contributed by atoms with Crippen molar-refractivity contribution >= 4 is 50.2 Å². The monoisotopic (exact) mass is 497 g/mol. The number of rotatable bonds is 3. The van der Waals surface area contributed by atoms with Crippen LogP contribution in [0, 0.1) is 6.92 Å². The maximum absolute atomic E-state index is 13.2. The summed E-state index contributed by atoms with van der Waals surface area (Å²) in [5.41, 5.74) is 6.67. The Kier molecular flexibility index (Phi) is 7.57. The number of halogens is 1. The largest absolute Gasteiger partial charge is 0.386 e. The van der Waals surface area contributed by atoms with Gasteiger partial charge in [0.2, 0.25) is 0 Å². The number of aliphatic imine (C=N–C) groups is 1. The fraction of sp³-hybridized carbons (Fsp3) is 0.524. The molecule has 3 N–H and O–H groups in total. The first-order valence-electron chi connectivity index (χ1n) is 10.7. The van der Waals surface area contributed by atoms with Gasteiger partial charge in [-0.15, -0.1) is 11.3 Å². The van der Waals surface area contributed by atoms with Crippen molar-refractivity contribution in [3.05, 3.63) is 39.1 Å². The number of carbonyl (C=O) groups excluding carboxylic acids is 1. The highest BCUT2D eigenvalue weighted by molar-refractivity contribution is 7.93. The topological polar surface area (TPSA) is 127 Å². The van der Waals surface area contributed by atoms with Crippen molar-refractivity contribution in [2.24, 2.45) is 10.7 Å². The van der Waals surface area contributed by atoms with E-state index in [-0.39, 0.29) is 17.5 Å². The van der Waals surface area contributed by atoms with Crippen LogP contribution in [0.2, 0.25) is 5.02 Å². The van der Waals surface area contributed by atoms with Gasteiger partial charge >= 0.3 is 0 Å². The molecule has 0 bridgehead atoms. The molecule has 8 nitrogen and oxygen atoms in total. The van der Waals surface area contributed by atoms with Crippen molar-refractivity contribution in [1.82, 2.24) is 9.97 Å². The van der Waals surface area contributed by atoms with Crippen LogP contribution >= 0.6 is 22.9 Å². The van der Waals surface area contributed by atoms with E-state index in [9.17, 15) is 13.2 Å². The zero-order valence-corrected chi connectivity index (χ0v) is 20.8. The first-order valence-corrected chi connectivity index (χ1v) is 13.5. The Bertz CT molecular complexity index is 1110. The number of aromatic nitrogens is 2. The van der Waals surface area contributed by atoms with E-state index in [1.807, 2.05) is 13.8 Å². The molecule has 2 aromatic rings. The number of aryl methyl sites for hydroxylation is 1. The second kappa shape index (κ2) is 9.84. The highest BCUT2D eigenvalue weighted by atomic mass is 35.5. The Hall–Kier alpha value is -2.04. The molecule has 1 aliphatic carbocycles. The second-order valence-corrected chi connectivity index (χ2v) is 11.5. The van der Waals surface area contributed by atoms with Crippen molar-refractivity contribution in [2.45, 2.75) is 63.7 Å². The summed E-state index contributed by atoms with van der Waals surface area (Å²) in [6.45, 7) is 5.75. The van der Waals surface area contributed by atoms with Gasteiger partial charge in [-0.3, -0.25) is 9.79 Å². The summed E-state index contributed by atoms with van der Waals surface area (Å²) in [6.07, 6.45) is 6.72. The molecule has 0 aromatic carbocycles. The van der Waals surface area contributed by atoms with Gasteiger partial charge in [-0.05, 0) is 25.8 Å². The van der Waals surface area contributed by atoms with Gasteiger partial charge in [0.25, 0.3) is 5.91 Å². The first kappa shape index (κ1) is 24.6. The molecule has 174 valence electrons. The molecule has 32 heavy (non-hydrogen) atoms. The molecule has 0 saturated heterocycles. The quantitative estimate of drug-likeness (QED) is 0.650. The van der Waals surface area contributed by atoms with E-state index >= 15 is 0 Å². The van der Waals surface area contributed by atoms with Crippen molar-refractivity contribution in [2.75, 3.05) is 11.1 Å². The number of hydrogen-bond donors (Lipinski definition) is 2.